The van der Waals surface area contributed by atoms with Crippen LogP contribution >= 0.6 is 0 Å². The van der Waals surface area contributed by atoms with Gasteiger partial charge in [-0.3, -0.25) is 0 Å². The molecule has 19 heavy (non-hydrogen) atoms. The number of hydrogen-bond donors (Lipinski definition) is 0. The first-order chi connectivity index (χ1) is 9.26. The van der Waals surface area contributed by atoms with Crippen molar-refractivity contribution in [1.82, 2.24) is 0 Å². The van der Waals surface area contributed by atoms with Gasteiger partial charge in [0.2, 0.25) is 12.2 Å². The highest BCUT2D eigenvalue weighted by Gasteiger charge is 2.08. The van der Waals surface area contributed by atoms with Crippen LogP contribution in [-0.2, 0) is 9.59 Å². The SMILES string of the molecule is Cc1ccccc1-c1cc(N=C=O)ccc1N=C=O. The molecule has 2 rings (SSSR count). The van der Waals surface area contributed by atoms with E-state index in [-0.39, 0.29) is 0 Å². The molecular weight excluding hydrogens is 240 g/mol. The summed E-state index contributed by atoms with van der Waals surface area (Å²) in [6.45, 7) is 1.96. The van der Waals surface area contributed by atoms with Gasteiger partial charge < -0.3 is 0 Å². The van der Waals surface area contributed by atoms with Gasteiger partial charge in [-0.2, -0.15) is 9.98 Å². The number of aliphatic imine (C=N–C) groups is 2. The second kappa shape index (κ2) is 5.69. The molecule has 0 saturated heterocycles. The zero-order chi connectivity index (χ0) is 13.7. The Morgan fingerprint density at radius 3 is 2.32 bits per heavy atom. The van der Waals surface area contributed by atoms with Crippen LogP contribution in [-0.4, -0.2) is 12.2 Å². The third-order valence-electron chi connectivity index (χ3n) is 2.76. The summed E-state index contributed by atoms with van der Waals surface area (Å²) in [6, 6.07) is 12.6. The van der Waals surface area contributed by atoms with E-state index in [1.165, 1.54) is 12.2 Å². The Hall–Kier alpha value is -2.80. The smallest absolute Gasteiger partial charge is 0.211 e. The molecule has 0 unspecified atom stereocenters. The van der Waals surface area contributed by atoms with E-state index in [2.05, 4.69) is 9.98 Å². The van der Waals surface area contributed by atoms with E-state index in [1.807, 2.05) is 31.2 Å². The topological polar surface area (TPSA) is 58.9 Å². The quantitative estimate of drug-likeness (QED) is 0.617. The first-order valence-corrected chi connectivity index (χ1v) is 5.62. The summed E-state index contributed by atoms with van der Waals surface area (Å²) in [5.74, 6) is 0. The van der Waals surface area contributed by atoms with Crippen molar-refractivity contribution in [3.8, 4) is 11.1 Å². The molecular formula is C15H10N2O2. The molecule has 0 atom stereocenters. The van der Waals surface area contributed by atoms with E-state index >= 15 is 0 Å². The molecule has 0 heterocycles. The summed E-state index contributed by atoms with van der Waals surface area (Å²) in [5, 5.41) is 0. The molecule has 0 fully saturated rings. The molecule has 0 aliphatic heterocycles. The lowest BCUT2D eigenvalue weighted by Crippen LogP contribution is -1.83. The van der Waals surface area contributed by atoms with Crippen molar-refractivity contribution in [2.45, 2.75) is 6.92 Å². The van der Waals surface area contributed by atoms with Gasteiger partial charge in [0.1, 0.15) is 0 Å². The third kappa shape index (κ3) is 2.72. The van der Waals surface area contributed by atoms with Crippen LogP contribution in [0, 0.1) is 6.92 Å². The normalized spacial score (nSPS) is 9.32. The Bertz CT molecular complexity index is 710. The van der Waals surface area contributed by atoms with Crippen LogP contribution in [0.5, 0.6) is 0 Å². The second-order valence-corrected chi connectivity index (χ2v) is 3.92. The van der Waals surface area contributed by atoms with Crippen molar-refractivity contribution in [3.63, 3.8) is 0 Å². The Morgan fingerprint density at radius 1 is 0.895 bits per heavy atom. The van der Waals surface area contributed by atoms with Crippen LogP contribution in [0.1, 0.15) is 5.56 Å². The third-order valence-corrected chi connectivity index (χ3v) is 2.76. The van der Waals surface area contributed by atoms with E-state index in [9.17, 15) is 9.59 Å². The second-order valence-electron chi connectivity index (χ2n) is 3.92. The average molecular weight is 250 g/mol. The van der Waals surface area contributed by atoms with Crippen LogP contribution in [0.15, 0.2) is 52.4 Å². The number of benzene rings is 2. The summed E-state index contributed by atoms with van der Waals surface area (Å²) in [7, 11) is 0. The number of hydrogen-bond acceptors (Lipinski definition) is 4. The van der Waals surface area contributed by atoms with Gasteiger partial charge in [-0.1, -0.05) is 24.3 Å². The number of aryl methyl sites for hydroxylation is 1. The molecule has 92 valence electrons. The molecule has 0 saturated carbocycles. The molecule has 0 spiro atoms. The zero-order valence-corrected chi connectivity index (χ0v) is 10.3. The van der Waals surface area contributed by atoms with Crippen molar-refractivity contribution in [3.05, 3.63) is 48.0 Å². The van der Waals surface area contributed by atoms with Crippen LogP contribution in [0.25, 0.3) is 11.1 Å². The predicted octanol–water partition coefficient (Wildman–Crippen LogP) is 3.60. The minimum atomic E-state index is 0.470. The number of rotatable bonds is 3. The fourth-order valence-electron chi connectivity index (χ4n) is 1.88. The van der Waals surface area contributed by atoms with Gasteiger partial charge >= 0.3 is 0 Å². The maximum absolute atomic E-state index is 10.5. The Labute approximate surface area is 110 Å². The molecule has 0 amide bonds. The van der Waals surface area contributed by atoms with E-state index in [0.29, 0.717) is 11.4 Å². The van der Waals surface area contributed by atoms with Gasteiger partial charge in [-0.15, -0.1) is 0 Å². The Kier molecular flexibility index (Phi) is 3.79. The Balaban J connectivity index is 2.71. The highest BCUT2D eigenvalue weighted by molar-refractivity contribution is 5.82. The van der Waals surface area contributed by atoms with E-state index < -0.39 is 0 Å². The van der Waals surface area contributed by atoms with E-state index in [0.717, 1.165) is 16.7 Å². The summed E-state index contributed by atoms with van der Waals surface area (Å²) < 4.78 is 0. The monoisotopic (exact) mass is 250 g/mol. The van der Waals surface area contributed by atoms with E-state index in [1.54, 1.807) is 18.2 Å². The Morgan fingerprint density at radius 2 is 1.63 bits per heavy atom. The molecule has 4 nitrogen and oxygen atoms in total. The number of carbonyl (C=O) groups excluding carboxylic acids is 2. The lowest BCUT2D eigenvalue weighted by Gasteiger charge is -2.08. The van der Waals surface area contributed by atoms with Crippen molar-refractivity contribution in [2.24, 2.45) is 9.98 Å². The summed E-state index contributed by atoms with van der Waals surface area (Å²) in [6.07, 6.45) is 3.03. The minimum Gasteiger partial charge on any atom is -0.211 e. The van der Waals surface area contributed by atoms with Crippen LogP contribution in [0.2, 0.25) is 0 Å². The summed E-state index contributed by atoms with van der Waals surface area (Å²) in [4.78, 5) is 28.1. The van der Waals surface area contributed by atoms with Crippen molar-refractivity contribution < 1.29 is 9.59 Å². The summed E-state index contributed by atoms with van der Waals surface area (Å²) in [5.41, 5.74) is 3.67. The van der Waals surface area contributed by atoms with Gasteiger partial charge in [-0.25, -0.2) is 9.59 Å². The van der Waals surface area contributed by atoms with Crippen molar-refractivity contribution in [1.29, 1.82) is 0 Å². The zero-order valence-electron chi connectivity index (χ0n) is 10.3. The fourth-order valence-corrected chi connectivity index (χ4v) is 1.88. The largest absolute Gasteiger partial charge is 0.240 e. The van der Waals surface area contributed by atoms with Crippen LogP contribution in [0.3, 0.4) is 0 Å². The molecule has 0 N–H and O–H groups in total. The maximum atomic E-state index is 10.5. The lowest BCUT2D eigenvalue weighted by atomic mass is 9.98. The molecule has 0 bridgehead atoms. The fraction of sp³-hybridized carbons (Fsp3) is 0.0667. The van der Waals surface area contributed by atoms with Crippen LogP contribution in [0.4, 0.5) is 11.4 Å². The van der Waals surface area contributed by atoms with Crippen molar-refractivity contribution in [2.75, 3.05) is 0 Å². The van der Waals surface area contributed by atoms with Crippen LogP contribution < -0.4 is 0 Å². The van der Waals surface area contributed by atoms with Gasteiger partial charge in [0.15, 0.2) is 0 Å². The molecule has 0 aromatic heterocycles. The van der Waals surface area contributed by atoms with Gasteiger partial charge in [-0.05, 0) is 36.2 Å². The molecule has 2 aromatic carbocycles. The predicted molar refractivity (Wildman–Crippen MR) is 72.2 cm³/mol. The van der Waals surface area contributed by atoms with E-state index in [4.69, 9.17) is 0 Å². The minimum absolute atomic E-state index is 0.470. The summed E-state index contributed by atoms with van der Waals surface area (Å²) >= 11 is 0. The lowest BCUT2D eigenvalue weighted by molar-refractivity contribution is 0.564. The highest BCUT2D eigenvalue weighted by Crippen LogP contribution is 2.35. The molecule has 0 aliphatic carbocycles. The maximum Gasteiger partial charge on any atom is 0.240 e. The van der Waals surface area contributed by atoms with Crippen molar-refractivity contribution >= 4 is 23.5 Å². The molecule has 4 heteroatoms. The van der Waals surface area contributed by atoms with Gasteiger partial charge in [0.05, 0.1) is 11.4 Å². The number of isocyanates is 2. The molecule has 2 aromatic rings. The van der Waals surface area contributed by atoms with Gasteiger partial charge in [0.25, 0.3) is 0 Å². The number of nitrogens with zero attached hydrogens (tertiary/aromatic N) is 2. The molecule has 0 aliphatic rings. The highest BCUT2D eigenvalue weighted by atomic mass is 16.1. The first kappa shape index (κ1) is 12.7. The standard InChI is InChI=1S/C15H10N2O2/c1-11-4-2-3-5-13(11)14-8-12(16-9-18)6-7-15(14)17-10-19/h2-8H,1H3. The first-order valence-electron chi connectivity index (χ1n) is 5.62. The average Bonchev–Trinajstić information content (AvgIpc) is 2.42. The molecule has 0 radical (unpaired) electrons. The van der Waals surface area contributed by atoms with Gasteiger partial charge in [0, 0.05) is 5.56 Å².